The molecule has 6 atom stereocenters. The molecule has 0 saturated carbocycles. The second kappa shape index (κ2) is 10.6. The van der Waals surface area contributed by atoms with Crippen molar-refractivity contribution >= 4 is 23.4 Å². The molecule has 4 rings (SSSR count). The van der Waals surface area contributed by atoms with Crippen molar-refractivity contribution in [1.29, 1.82) is 0 Å². The fourth-order valence-corrected chi connectivity index (χ4v) is 5.35. The maximum absolute atomic E-state index is 14.0. The van der Waals surface area contributed by atoms with Crippen LogP contribution in [0.15, 0.2) is 41.7 Å². The van der Waals surface area contributed by atoms with E-state index in [-0.39, 0.29) is 0 Å². The van der Waals surface area contributed by atoms with Crippen molar-refractivity contribution in [2.45, 2.75) is 54.6 Å². The van der Waals surface area contributed by atoms with Crippen molar-refractivity contribution in [3.05, 3.63) is 53.3 Å². The van der Waals surface area contributed by atoms with Gasteiger partial charge in [0.05, 0.1) is 23.0 Å². The van der Waals surface area contributed by atoms with Crippen LogP contribution < -0.4 is 0 Å². The smallest absolute Gasteiger partial charge is 0.216 e. The number of aryl methyl sites for hydroxylation is 1. The lowest BCUT2D eigenvalue weighted by atomic mass is 9.94. The summed E-state index contributed by atoms with van der Waals surface area (Å²) in [4.78, 5) is 8.87. The van der Waals surface area contributed by atoms with Gasteiger partial charge in [0.2, 0.25) is 5.95 Å². The molecule has 34 heavy (non-hydrogen) atoms. The summed E-state index contributed by atoms with van der Waals surface area (Å²) in [5.41, 5.74) is 0.637. The van der Waals surface area contributed by atoms with E-state index in [9.17, 15) is 9.50 Å². The van der Waals surface area contributed by atoms with Gasteiger partial charge in [-0.05, 0) is 26.0 Å². The van der Waals surface area contributed by atoms with E-state index in [2.05, 4.69) is 20.3 Å². The van der Waals surface area contributed by atoms with Crippen LogP contribution in [-0.4, -0.2) is 74.1 Å². The first kappa shape index (κ1) is 25.0. The fourth-order valence-electron chi connectivity index (χ4n) is 3.94. The van der Waals surface area contributed by atoms with Gasteiger partial charge in [0.15, 0.2) is 0 Å². The lowest BCUT2D eigenvalue weighted by molar-refractivity contribution is -0.208. The Morgan fingerprint density at radius 3 is 2.62 bits per heavy atom. The van der Waals surface area contributed by atoms with Gasteiger partial charge in [-0.1, -0.05) is 34.6 Å². The molecule has 3 aromatic rings. The zero-order chi connectivity index (χ0) is 24.4. The molecule has 1 N–H and O–H groups in total. The van der Waals surface area contributed by atoms with E-state index in [1.54, 1.807) is 62.4 Å². The topological polar surface area (TPSA) is 104 Å². The van der Waals surface area contributed by atoms with E-state index in [0.29, 0.717) is 22.0 Å². The first-order valence-electron chi connectivity index (χ1n) is 10.5. The van der Waals surface area contributed by atoms with Crippen LogP contribution in [-0.2, 0) is 14.2 Å². The van der Waals surface area contributed by atoms with E-state index in [0.717, 1.165) is 4.90 Å². The normalized spacial score (nSPS) is 25.9. The van der Waals surface area contributed by atoms with Crippen LogP contribution in [0.4, 0.5) is 4.39 Å². The Labute approximate surface area is 205 Å². The minimum Gasteiger partial charge on any atom is -0.391 e. The summed E-state index contributed by atoms with van der Waals surface area (Å²) in [5.74, 6) is -0.566. The highest BCUT2D eigenvalue weighted by atomic mass is 35.5. The number of thioether (sulfide) groups is 1. The van der Waals surface area contributed by atoms with Crippen molar-refractivity contribution in [2.75, 3.05) is 14.2 Å². The lowest BCUT2D eigenvalue weighted by Gasteiger charge is -2.46. The molecule has 0 spiro atoms. The molecule has 182 valence electrons. The SMILES string of the molecule is COC1C(n2cc(-c3ccc(C)c(F)n3)nn2)[C@@H](OC)C(C(C)O)O[C@@H]1Sc1cncc(Cl)c1. The number of aliphatic hydroxyl groups is 1. The zero-order valence-corrected chi connectivity index (χ0v) is 20.6. The highest BCUT2D eigenvalue weighted by Gasteiger charge is 2.50. The molecule has 1 aliphatic heterocycles. The maximum atomic E-state index is 14.0. The number of nitrogens with zero attached hydrogens (tertiary/aromatic N) is 5. The Morgan fingerprint density at radius 1 is 1.21 bits per heavy atom. The zero-order valence-electron chi connectivity index (χ0n) is 19.0. The Hall–Kier alpha value is -2.15. The first-order valence-corrected chi connectivity index (χ1v) is 11.8. The molecule has 3 aromatic heterocycles. The summed E-state index contributed by atoms with van der Waals surface area (Å²) >= 11 is 7.47. The minimum atomic E-state index is -0.846. The number of hydrogen-bond acceptors (Lipinski definition) is 9. The molecule has 12 heteroatoms. The van der Waals surface area contributed by atoms with Crippen molar-refractivity contribution in [1.82, 2.24) is 25.0 Å². The molecule has 1 saturated heterocycles. The van der Waals surface area contributed by atoms with Crippen LogP contribution in [0.1, 0.15) is 18.5 Å². The highest BCUT2D eigenvalue weighted by Crippen LogP contribution is 2.41. The van der Waals surface area contributed by atoms with E-state index < -0.39 is 41.8 Å². The largest absolute Gasteiger partial charge is 0.391 e. The van der Waals surface area contributed by atoms with Crippen LogP contribution in [0.2, 0.25) is 5.02 Å². The third-order valence-corrected chi connectivity index (χ3v) is 6.94. The predicted molar refractivity (Wildman–Crippen MR) is 124 cm³/mol. The summed E-state index contributed by atoms with van der Waals surface area (Å²) in [6.45, 7) is 3.27. The second-order valence-corrected chi connectivity index (χ2v) is 9.55. The Kier molecular flexibility index (Phi) is 7.80. The molecular weight excluding hydrogens is 485 g/mol. The third-order valence-electron chi connectivity index (χ3n) is 5.62. The van der Waals surface area contributed by atoms with Crippen molar-refractivity contribution in [2.24, 2.45) is 0 Å². The summed E-state index contributed by atoms with van der Waals surface area (Å²) in [7, 11) is 3.10. The van der Waals surface area contributed by atoms with E-state index >= 15 is 0 Å². The van der Waals surface area contributed by atoms with Gasteiger partial charge in [-0.15, -0.1) is 5.10 Å². The van der Waals surface area contributed by atoms with E-state index in [1.807, 2.05) is 0 Å². The molecule has 0 radical (unpaired) electrons. The quantitative estimate of drug-likeness (QED) is 0.480. The summed E-state index contributed by atoms with van der Waals surface area (Å²) in [6, 6.07) is 4.57. The fraction of sp³-hybridized carbons (Fsp3) is 0.455. The van der Waals surface area contributed by atoms with Crippen molar-refractivity contribution < 1.29 is 23.7 Å². The average molecular weight is 510 g/mol. The average Bonchev–Trinajstić information content (AvgIpc) is 3.30. The Bertz CT molecular complexity index is 1140. The standard InChI is InChI=1S/C22H25ClFN5O4S/c1-11-5-6-15(26-21(11)24)16-10-29(28-27-16)17-19(31-3)18(12(2)30)33-22(20(17)32-4)34-14-7-13(23)8-25-9-14/h5-10,12,17-20,22,30H,1-4H3/t12?,17?,18?,19-,20?,22-/m1/s1. The van der Waals surface area contributed by atoms with Gasteiger partial charge >= 0.3 is 0 Å². The highest BCUT2D eigenvalue weighted by molar-refractivity contribution is 7.99. The summed E-state index contributed by atoms with van der Waals surface area (Å²) in [6.07, 6.45) is 2.18. The molecule has 0 aliphatic carbocycles. The molecule has 1 aliphatic rings. The number of aromatic nitrogens is 5. The van der Waals surface area contributed by atoms with E-state index in [4.69, 9.17) is 25.8 Å². The number of ether oxygens (including phenoxy) is 3. The van der Waals surface area contributed by atoms with Gasteiger partial charge in [-0.2, -0.15) is 4.39 Å². The monoisotopic (exact) mass is 509 g/mol. The molecule has 9 nitrogen and oxygen atoms in total. The maximum Gasteiger partial charge on any atom is 0.216 e. The van der Waals surface area contributed by atoms with Crippen LogP contribution in [0.3, 0.4) is 0 Å². The molecule has 1 fully saturated rings. The lowest BCUT2D eigenvalue weighted by Crippen LogP contribution is -2.58. The molecule has 0 amide bonds. The Balaban J connectivity index is 1.71. The van der Waals surface area contributed by atoms with Gasteiger partial charge in [-0.25, -0.2) is 9.67 Å². The minimum absolute atomic E-state index is 0.354. The van der Waals surface area contributed by atoms with Gasteiger partial charge < -0.3 is 19.3 Å². The molecule has 4 unspecified atom stereocenters. The molecule has 0 aromatic carbocycles. The first-order chi connectivity index (χ1) is 16.3. The van der Waals surface area contributed by atoms with E-state index in [1.165, 1.54) is 18.9 Å². The number of pyridine rings is 2. The van der Waals surface area contributed by atoms with Gasteiger partial charge in [0, 0.05) is 37.1 Å². The second-order valence-electron chi connectivity index (χ2n) is 7.95. The van der Waals surface area contributed by atoms with Gasteiger partial charge in [-0.3, -0.25) is 4.98 Å². The predicted octanol–water partition coefficient (Wildman–Crippen LogP) is 3.31. The summed E-state index contributed by atoms with van der Waals surface area (Å²) in [5, 5.41) is 19.5. The number of aliphatic hydroxyl groups excluding tert-OH is 1. The van der Waals surface area contributed by atoms with Crippen molar-refractivity contribution in [3.63, 3.8) is 0 Å². The van der Waals surface area contributed by atoms with Crippen LogP contribution in [0, 0.1) is 12.9 Å². The Morgan fingerprint density at radius 2 is 1.97 bits per heavy atom. The van der Waals surface area contributed by atoms with Gasteiger partial charge in [0.25, 0.3) is 0 Å². The van der Waals surface area contributed by atoms with Crippen LogP contribution in [0.5, 0.6) is 0 Å². The van der Waals surface area contributed by atoms with Crippen molar-refractivity contribution in [3.8, 4) is 11.4 Å². The third kappa shape index (κ3) is 5.09. The number of hydrogen-bond donors (Lipinski definition) is 1. The number of rotatable bonds is 7. The van der Waals surface area contributed by atoms with Crippen LogP contribution in [0.25, 0.3) is 11.4 Å². The van der Waals surface area contributed by atoms with Crippen LogP contribution >= 0.6 is 23.4 Å². The molecule has 4 heterocycles. The summed E-state index contributed by atoms with van der Waals surface area (Å²) < 4.78 is 33.5. The number of methoxy groups -OCH3 is 2. The molecular formula is C22H25ClFN5O4S. The molecule has 0 bridgehead atoms. The number of halogens is 2. The van der Waals surface area contributed by atoms with Gasteiger partial charge in [0.1, 0.15) is 35.5 Å².